The summed E-state index contributed by atoms with van der Waals surface area (Å²) in [6.07, 6.45) is 3.65. The van der Waals surface area contributed by atoms with Gasteiger partial charge in [0.15, 0.2) is 5.69 Å². The number of hydrogen-bond donors (Lipinski definition) is 1. The molecule has 2 unspecified atom stereocenters. The topological polar surface area (TPSA) is 69.4 Å². The molecule has 0 spiro atoms. The number of ether oxygens (including phenoxy) is 1. The predicted molar refractivity (Wildman–Crippen MR) is 115 cm³/mol. The van der Waals surface area contributed by atoms with E-state index in [1.165, 1.54) is 0 Å². The van der Waals surface area contributed by atoms with Crippen molar-refractivity contribution >= 4 is 27.3 Å². The lowest BCUT2D eigenvalue weighted by molar-refractivity contribution is 0.442. The molecular formula is C21H24ClN2O3S+. The molecule has 148 valence electrons. The van der Waals surface area contributed by atoms with Gasteiger partial charge in [-0.05, 0) is 61.9 Å². The minimum atomic E-state index is -3.65. The van der Waals surface area contributed by atoms with E-state index in [4.69, 9.17) is 22.1 Å². The Hall–Kier alpha value is -2.12. The zero-order valence-electron chi connectivity index (χ0n) is 15.9. The maximum atomic E-state index is 13.3. The number of hydrogen-bond acceptors (Lipinski definition) is 4. The Morgan fingerprint density at radius 3 is 2.25 bits per heavy atom. The first-order valence-corrected chi connectivity index (χ1v) is 11.1. The highest BCUT2D eigenvalue weighted by Gasteiger charge is 2.52. The summed E-state index contributed by atoms with van der Waals surface area (Å²) in [5.41, 5.74) is 6.98. The molecule has 0 saturated carbocycles. The highest BCUT2D eigenvalue weighted by atomic mass is 35.5. The molecule has 5 nitrogen and oxygen atoms in total. The van der Waals surface area contributed by atoms with E-state index in [-0.39, 0.29) is 17.5 Å². The van der Waals surface area contributed by atoms with Crippen LogP contribution in [0.2, 0.25) is 0 Å². The van der Waals surface area contributed by atoms with Crippen LogP contribution in [-0.2, 0) is 10.0 Å². The molecule has 1 aliphatic heterocycles. The molecule has 0 fully saturated rings. The van der Waals surface area contributed by atoms with E-state index in [1.807, 2.05) is 49.4 Å². The second-order valence-corrected chi connectivity index (χ2v) is 9.23. The van der Waals surface area contributed by atoms with Crippen molar-refractivity contribution in [1.82, 2.24) is 3.89 Å². The van der Waals surface area contributed by atoms with E-state index in [0.717, 1.165) is 0 Å². The Bertz CT molecular complexity index is 1000. The van der Waals surface area contributed by atoms with Gasteiger partial charge in [0, 0.05) is 24.3 Å². The number of halogens is 1. The number of nitrogens with zero attached hydrogens (tertiary/aromatic N) is 1. The average Bonchev–Trinajstić information content (AvgIpc) is 2.70. The Kier molecular flexibility index (Phi) is 5.95. The summed E-state index contributed by atoms with van der Waals surface area (Å²) < 4.78 is 31.9. The molecular weight excluding hydrogens is 396 g/mol. The lowest BCUT2D eigenvalue weighted by Crippen LogP contribution is -2.59. The zero-order chi connectivity index (χ0) is 20.4. The van der Waals surface area contributed by atoms with Crippen LogP contribution in [-0.4, -0.2) is 26.8 Å². The number of nitrogens with two attached hydrogens (primary N) is 1. The summed E-state index contributed by atoms with van der Waals surface area (Å²) in [6, 6.07) is 16.0. The standard InChI is InChI=1S/C21H24ClN2O3S/c1-3-28(25,26)24(16(2)9-10-17(15-23)21(24)22)18-11-13-20(14-12-18)27-19-7-5-4-6-8-19/h4-14,16H,3,15,23H2,1-2H3/q+1. The smallest absolute Gasteiger partial charge is 0.307 e. The summed E-state index contributed by atoms with van der Waals surface area (Å²) in [5.74, 6) is 1.26. The van der Waals surface area contributed by atoms with Crippen molar-refractivity contribution in [2.75, 3.05) is 12.3 Å². The van der Waals surface area contributed by atoms with Crippen LogP contribution in [0.4, 0.5) is 5.69 Å². The monoisotopic (exact) mass is 419 g/mol. The normalized spacial score (nSPS) is 22.4. The molecule has 0 aliphatic carbocycles. The minimum Gasteiger partial charge on any atom is -0.457 e. The van der Waals surface area contributed by atoms with Crippen molar-refractivity contribution in [1.29, 1.82) is 0 Å². The van der Waals surface area contributed by atoms with Crippen LogP contribution in [0.3, 0.4) is 0 Å². The Morgan fingerprint density at radius 2 is 1.68 bits per heavy atom. The first-order valence-electron chi connectivity index (χ1n) is 9.09. The lowest BCUT2D eigenvalue weighted by Gasteiger charge is -2.41. The molecule has 0 radical (unpaired) electrons. The molecule has 0 amide bonds. The highest BCUT2D eigenvalue weighted by molar-refractivity contribution is 7.91. The summed E-state index contributed by atoms with van der Waals surface area (Å²) in [7, 11) is -3.65. The third-order valence-corrected chi connectivity index (χ3v) is 7.87. The third kappa shape index (κ3) is 3.37. The molecule has 0 aromatic heterocycles. The Morgan fingerprint density at radius 1 is 1.07 bits per heavy atom. The van der Waals surface area contributed by atoms with Crippen molar-refractivity contribution in [3.8, 4) is 11.5 Å². The van der Waals surface area contributed by atoms with Gasteiger partial charge in [-0.3, -0.25) is 0 Å². The molecule has 1 heterocycles. The molecule has 3 rings (SSSR count). The van der Waals surface area contributed by atoms with Gasteiger partial charge in [-0.25, -0.2) is 0 Å². The fourth-order valence-corrected chi connectivity index (χ4v) is 5.93. The van der Waals surface area contributed by atoms with Crippen LogP contribution in [0, 0.1) is 0 Å². The number of sulfonamides is 1. The molecule has 28 heavy (non-hydrogen) atoms. The molecule has 2 aromatic rings. The molecule has 1 aliphatic rings. The van der Waals surface area contributed by atoms with E-state index in [1.54, 1.807) is 31.2 Å². The summed E-state index contributed by atoms with van der Waals surface area (Å²) >= 11 is 6.68. The fraction of sp³-hybridized carbons (Fsp3) is 0.238. The maximum Gasteiger partial charge on any atom is 0.307 e. The highest BCUT2D eigenvalue weighted by Crippen LogP contribution is 2.43. The molecule has 0 saturated heterocycles. The SMILES string of the molecule is CCS(=O)(=O)[N+]1(c2ccc(Oc3ccccc3)cc2)C(Cl)=C(CN)C=CC1C. The lowest BCUT2D eigenvalue weighted by atomic mass is 10.1. The van der Waals surface area contributed by atoms with Gasteiger partial charge in [0.25, 0.3) is 0 Å². The van der Waals surface area contributed by atoms with Crippen molar-refractivity contribution in [2.45, 2.75) is 19.9 Å². The van der Waals surface area contributed by atoms with E-state index in [9.17, 15) is 8.42 Å². The number of rotatable bonds is 6. The van der Waals surface area contributed by atoms with E-state index >= 15 is 0 Å². The second-order valence-electron chi connectivity index (χ2n) is 6.56. The van der Waals surface area contributed by atoms with Crippen LogP contribution in [0.5, 0.6) is 11.5 Å². The summed E-state index contributed by atoms with van der Waals surface area (Å²) in [6.45, 7) is 3.63. The van der Waals surface area contributed by atoms with E-state index < -0.39 is 20.0 Å². The fourth-order valence-electron chi connectivity index (χ4n) is 3.44. The van der Waals surface area contributed by atoms with Crippen molar-refractivity contribution in [3.05, 3.63) is 77.5 Å². The Balaban J connectivity index is 2.10. The number of benzene rings is 2. The second kappa shape index (κ2) is 8.09. The third-order valence-electron chi connectivity index (χ3n) is 4.93. The van der Waals surface area contributed by atoms with E-state index in [2.05, 4.69) is 0 Å². The summed E-state index contributed by atoms with van der Waals surface area (Å²) in [4.78, 5) is 0. The largest absolute Gasteiger partial charge is 0.457 e. The van der Waals surface area contributed by atoms with Crippen molar-refractivity contribution < 1.29 is 13.2 Å². The molecule has 7 heteroatoms. The average molecular weight is 420 g/mol. The van der Waals surface area contributed by atoms with Gasteiger partial charge in [0.2, 0.25) is 5.16 Å². The van der Waals surface area contributed by atoms with Gasteiger partial charge in [-0.1, -0.05) is 18.2 Å². The van der Waals surface area contributed by atoms with E-state index in [0.29, 0.717) is 22.8 Å². The minimum absolute atomic E-state index is 0.0540. The molecule has 2 atom stereocenters. The molecule has 0 bridgehead atoms. The quantitative estimate of drug-likeness (QED) is 0.552. The van der Waals surface area contributed by atoms with Crippen LogP contribution in [0.25, 0.3) is 0 Å². The van der Waals surface area contributed by atoms with Crippen LogP contribution in [0.1, 0.15) is 13.8 Å². The first-order chi connectivity index (χ1) is 13.4. The number of quaternary nitrogens is 1. The van der Waals surface area contributed by atoms with Gasteiger partial charge >= 0.3 is 10.0 Å². The van der Waals surface area contributed by atoms with Crippen LogP contribution in [0.15, 0.2) is 77.5 Å². The molecule has 2 aromatic carbocycles. The van der Waals surface area contributed by atoms with Gasteiger partial charge in [0.05, 0.1) is 5.75 Å². The maximum absolute atomic E-state index is 13.3. The first kappa shape index (κ1) is 20.6. The van der Waals surface area contributed by atoms with Crippen molar-refractivity contribution in [2.24, 2.45) is 5.73 Å². The van der Waals surface area contributed by atoms with Crippen LogP contribution >= 0.6 is 11.6 Å². The Labute approximate surface area is 171 Å². The zero-order valence-corrected chi connectivity index (χ0v) is 17.5. The van der Waals surface area contributed by atoms with Gasteiger partial charge in [0.1, 0.15) is 17.5 Å². The van der Waals surface area contributed by atoms with Gasteiger partial charge in [-0.15, -0.1) is 3.89 Å². The molecule has 2 N–H and O–H groups in total. The summed E-state index contributed by atoms with van der Waals surface area (Å²) in [5, 5.41) is 0.219. The van der Waals surface area contributed by atoms with Crippen molar-refractivity contribution in [3.63, 3.8) is 0 Å². The van der Waals surface area contributed by atoms with Gasteiger partial charge in [-0.2, -0.15) is 8.42 Å². The van der Waals surface area contributed by atoms with Crippen LogP contribution < -0.4 is 14.4 Å². The van der Waals surface area contributed by atoms with Gasteiger partial charge < -0.3 is 10.5 Å². The number of para-hydroxylation sites is 1. The predicted octanol–water partition coefficient (Wildman–Crippen LogP) is 4.50.